The van der Waals surface area contributed by atoms with Gasteiger partial charge in [-0.3, -0.25) is 0 Å². The monoisotopic (exact) mass is 382 g/mol. The number of hydrogen-bond acceptors (Lipinski definition) is 8. The lowest BCUT2D eigenvalue weighted by Gasteiger charge is -2.17. The fourth-order valence-electron chi connectivity index (χ4n) is 3.65. The molecule has 5 rings (SSSR count). The molecule has 2 unspecified atom stereocenters. The van der Waals surface area contributed by atoms with E-state index >= 15 is 0 Å². The molecule has 4 atom stereocenters. The van der Waals surface area contributed by atoms with Crippen molar-refractivity contribution in [3.8, 4) is 11.5 Å². The van der Waals surface area contributed by atoms with Gasteiger partial charge in [0, 0.05) is 17.0 Å². The van der Waals surface area contributed by atoms with Gasteiger partial charge < -0.3 is 34.8 Å². The molecular weight excluding hydrogens is 364 g/mol. The van der Waals surface area contributed by atoms with Crippen molar-refractivity contribution in [2.24, 2.45) is 0 Å². The van der Waals surface area contributed by atoms with Crippen molar-refractivity contribution in [1.82, 2.24) is 14.5 Å². The van der Waals surface area contributed by atoms with Crippen LogP contribution in [0.1, 0.15) is 6.23 Å². The predicted molar refractivity (Wildman–Crippen MR) is 100 cm³/mol. The van der Waals surface area contributed by atoms with Crippen LogP contribution in [-0.4, -0.2) is 54.8 Å². The first-order valence-corrected chi connectivity index (χ1v) is 8.82. The molecule has 0 saturated carbocycles. The van der Waals surface area contributed by atoms with Gasteiger partial charge in [0.05, 0.1) is 6.61 Å². The second kappa shape index (κ2) is 6.28. The van der Waals surface area contributed by atoms with Gasteiger partial charge in [0.15, 0.2) is 12.0 Å². The predicted octanol–water partition coefficient (Wildman–Crippen LogP) is 1.04. The molecule has 0 aliphatic carbocycles. The van der Waals surface area contributed by atoms with Crippen LogP contribution in [0.15, 0.2) is 47.0 Å². The minimum atomic E-state index is -1.22. The highest BCUT2D eigenvalue weighted by Crippen LogP contribution is 2.36. The molecular formula is C19H18N4O5. The van der Waals surface area contributed by atoms with Gasteiger partial charge in [0.2, 0.25) is 5.95 Å². The topological polar surface area (TPSA) is 140 Å². The summed E-state index contributed by atoms with van der Waals surface area (Å²) < 4.78 is 13.1. The molecule has 0 amide bonds. The highest BCUT2D eigenvalue weighted by Gasteiger charge is 2.43. The molecule has 4 heterocycles. The molecule has 9 nitrogen and oxygen atoms in total. The lowest BCUT2D eigenvalue weighted by Crippen LogP contribution is -2.33. The van der Waals surface area contributed by atoms with E-state index < -0.39 is 31.1 Å². The summed E-state index contributed by atoms with van der Waals surface area (Å²) in [4.78, 5) is 8.62. The number of ether oxygens (including phenoxy) is 1. The molecule has 5 N–H and O–H groups in total. The lowest BCUT2D eigenvalue weighted by atomic mass is 10.1. The third kappa shape index (κ3) is 2.49. The number of nitrogens with two attached hydrogens (primary N) is 1. The van der Waals surface area contributed by atoms with Crippen molar-refractivity contribution < 1.29 is 24.5 Å². The molecule has 0 bridgehead atoms. The zero-order valence-corrected chi connectivity index (χ0v) is 14.6. The smallest absolute Gasteiger partial charge is 0.222 e. The minimum Gasteiger partial charge on any atom is -0.454 e. The van der Waals surface area contributed by atoms with E-state index in [1.165, 1.54) is 0 Å². The molecule has 1 aliphatic rings. The molecule has 28 heavy (non-hydrogen) atoms. The first kappa shape index (κ1) is 17.1. The van der Waals surface area contributed by atoms with Gasteiger partial charge >= 0.3 is 0 Å². The number of aliphatic hydroxyl groups is 3. The quantitative estimate of drug-likeness (QED) is 0.412. The van der Waals surface area contributed by atoms with Gasteiger partial charge in [-0.2, -0.15) is 4.98 Å². The first-order chi connectivity index (χ1) is 13.6. The number of aromatic nitrogens is 3. The lowest BCUT2D eigenvalue weighted by molar-refractivity contribution is -0.0508. The van der Waals surface area contributed by atoms with Crippen LogP contribution in [0.2, 0.25) is 0 Å². The summed E-state index contributed by atoms with van der Waals surface area (Å²) in [5.74, 6) is 0.578. The van der Waals surface area contributed by atoms with Crippen molar-refractivity contribution in [2.45, 2.75) is 24.5 Å². The van der Waals surface area contributed by atoms with Crippen LogP contribution >= 0.6 is 0 Å². The van der Waals surface area contributed by atoms with Crippen LogP contribution in [0.3, 0.4) is 0 Å². The molecule has 1 saturated heterocycles. The van der Waals surface area contributed by atoms with Crippen LogP contribution in [0.4, 0.5) is 5.95 Å². The Balaban J connectivity index is 1.65. The number of hydrogen-bond donors (Lipinski definition) is 4. The van der Waals surface area contributed by atoms with Crippen LogP contribution in [0.25, 0.3) is 33.5 Å². The summed E-state index contributed by atoms with van der Waals surface area (Å²) in [6.07, 6.45) is -2.56. The first-order valence-electron chi connectivity index (χ1n) is 8.82. The summed E-state index contributed by atoms with van der Waals surface area (Å²) in [6.45, 7) is -0.407. The average molecular weight is 382 g/mol. The Bertz CT molecular complexity index is 1140. The Morgan fingerprint density at radius 3 is 2.68 bits per heavy atom. The summed E-state index contributed by atoms with van der Waals surface area (Å²) in [6, 6.07) is 11.3. The second-order valence-corrected chi connectivity index (χ2v) is 6.77. The number of benzene rings is 1. The normalized spacial score (nSPS) is 25.1. The Morgan fingerprint density at radius 1 is 1.11 bits per heavy atom. The van der Waals surface area contributed by atoms with Gasteiger partial charge in [-0.15, -0.1) is 0 Å². The number of aliphatic hydroxyl groups excluding tert-OH is 3. The molecule has 9 heteroatoms. The molecule has 1 fully saturated rings. The van der Waals surface area contributed by atoms with E-state index in [0.717, 1.165) is 11.0 Å². The maximum Gasteiger partial charge on any atom is 0.222 e. The molecule has 3 aromatic heterocycles. The zero-order chi connectivity index (χ0) is 19.4. The van der Waals surface area contributed by atoms with E-state index in [1.54, 1.807) is 16.8 Å². The van der Waals surface area contributed by atoms with Gasteiger partial charge in [-0.05, 0) is 18.2 Å². The number of fused-ring (bicyclic) bond motifs is 2. The minimum absolute atomic E-state index is 0.0367. The van der Waals surface area contributed by atoms with Crippen molar-refractivity contribution in [3.63, 3.8) is 0 Å². The third-order valence-electron chi connectivity index (χ3n) is 5.04. The largest absolute Gasteiger partial charge is 0.454 e. The SMILES string of the molecule is Nc1nc(-c2cc3ccccc3o2)c2ccn([C@@H]3O[C@H](CO)C(O)C3O)c2n1. The summed E-state index contributed by atoms with van der Waals surface area (Å²) >= 11 is 0. The Labute approximate surface area is 158 Å². The number of para-hydroxylation sites is 1. The number of rotatable bonds is 3. The van der Waals surface area contributed by atoms with Gasteiger partial charge in [0.1, 0.15) is 35.2 Å². The molecule has 0 spiro atoms. The van der Waals surface area contributed by atoms with Crippen LogP contribution in [-0.2, 0) is 4.74 Å². The van der Waals surface area contributed by atoms with E-state index in [1.807, 2.05) is 30.3 Å². The standard InChI is InChI=1S/C19H18N4O5/c20-19-21-14(12-7-9-3-1-2-4-11(9)27-12)10-5-6-23(17(10)22-19)18-16(26)15(25)13(8-24)28-18/h1-7,13,15-16,18,24-26H,8H2,(H2,20,21,22)/t13-,15?,16?,18-/m1/s1. The second-order valence-electron chi connectivity index (χ2n) is 6.77. The van der Waals surface area contributed by atoms with Gasteiger partial charge in [-0.25, -0.2) is 4.98 Å². The van der Waals surface area contributed by atoms with Crippen molar-refractivity contribution in [1.29, 1.82) is 0 Å². The van der Waals surface area contributed by atoms with E-state index in [-0.39, 0.29) is 5.95 Å². The molecule has 144 valence electrons. The van der Waals surface area contributed by atoms with Crippen LogP contribution < -0.4 is 5.73 Å². The Hall–Kier alpha value is -2.98. The number of anilines is 1. The highest BCUT2D eigenvalue weighted by atomic mass is 16.6. The van der Waals surface area contributed by atoms with E-state index in [9.17, 15) is 15.3 Å². The highest BCUT2D eigenvalue weighted by molar-refractivity contribution is 5.93. The Kier molecular flexibility index (Phi) is 3.84. The zero-order valence-electron chi connectivity index (χ0n) is 14.6. The maximum atomic E-state index is 10.3. The van der Waals surface area contributed by atoms with Crippen LogP contribution in [0.5, 0.6) is 0 Å². The van der Waals surface area contributed by atoms with Crippen molar-refractivity contribution >= 4 is 28.0 Å². The fourth-order valence-corrected chi connectivity index (χ4v) is 3.65. The van der Waals surface area contributed by atoms with Gasteiger partial charge in [-0.1, -0.05) is 18.2 Å². The average Bonchev–Trinajstić information content (AvgIpc) is 3.38. The van der Waals surface area contributed by atoms with Gasteiger partial charge in [0.25, 0.3) is 0 Å². The summed E-state index contributed by atoms with van der Waals surface area (Å²) in [7, 11) is 0. The van der Waals surface area contributed by atoms with Crippen molar-refractivity contribution in [3.05, 3.63) is 42.6 Å². The molecule has 1 aromatic carbocycles. The molecule has 1 aliphatic heterocycles. The number of nitrogens with zero attached hydrogens (tertiary/aromatic N) is 3. The third-order valence-corrected chi connectivity index (χ3v) is 5.04. The van der Waals surface area contributed by atoms with E-state index in [2.05, 4.69) is 9.97 Å². The molecule has 0 radical (unpaired) electrons. The molecule has 4 aromatic rings. The Morgan fingerprint density at radius 2 is 1.93 bits per heavy atom. The number of furan rings is 1. The van der Waals surface area contributed by atoms with E-state index in [0.29, 0.717) is 22.5 Å². The fraction of sp³-hybridized carbons (Fsp3) is 0.263. The summed E-state index contributed by atoms with van der Waals surface area (Å²) in [5, 5.41) is 31.3. The number of nitrogen functional groups attached to an aromatic ring is 1. The maximum absolute atomic E-state index is 10.3. The summed E-state index contributed by atoms with van der Waals surface area (Å²) in [5.41, 5.74) is 7.60. The van der Waals surface area contributed by atoms with E-state index in [4.69, 9.17) is 14.9 Å². The van der Waals surface area contributed by atoms with Crippen molar-refractivity contribution in [2.75, 3.05) is 12.3 Å². The van der Waals surface area contributed by atoms with Crippen LogP contribution in [0, 0.1) is 0 Å².